The lowest BCUT2D eigenvalue weighted by atomic mass is 10.3. The molecule has 0 aliphatic heterocycles. The zero-order chi connectivity index (χ0) is 12.8. The van der Waals surface area contributed by atoms with Gasteiger partial charge >= 0.3 is 5.69 Å². The molecule has 1 aromatic heterocycles. The van der Waals surface area contributed by atoms with Gasteiger partial charge in [-0.3, -0.25) is 10.1 Å². The van der Waals surface area contributed by atoms with E-state index in [2.05, 4.69) is 10.3 Å². The van der Waals surface area contributed by atoms with Crippen molar-refractivity contribution >= 4 is 11.5 Å². The molecule has 0 unspecified atom stereocenters. The molecule has 0 spiro atoms. The van der Waals surface area contributed by atoms with Gasteiger partial charge in [-0.2, -0.15) is 5.26 Å². The lowest BCUT2D eigenvalue weighted by Gasteiger charge is -2.10. The fourth-order valence-corrected chi connectivity index (χ4v) is 1.19. The minimum atomic E-state index is -0.550. The number of hydrogen-bond acceptors (Lipinski definition) is 6. The molecule has 1 heterocycles. The van der Waals surface area contributed by atoms with Crippen LogP contribution in [0.25, 0.3) is 0 Å². The first kappa shape index (κ1) is 12.9. The molecule has 0 aliphatic carbocycles. The van der Waals surface area contributed by atoms with E-state index >= 15 is 0 Å². The number of anilines is 1. The monoisotopic (exact) mass is 235 g/mol. The van der Waals surface area contributed by atoms with Crippen LogP contribution in [0.3, 0.4) is 0 Å². The van der Waals surface area contributed by atoms with E-state index < -0.39 is 4.92 Å². The number of nitrogens with one attached hydrogen (secondary N) is 1. The zero-order valence-corrected chi connectivity index (χ0v) is 9.67. The number of pyridine rings is 1. The predicted molar refractivity (Wildman–Crippen MR) is 62.7 cm³/mol. The lowest BCUT2D eigenvalue weighted by molar-refractivity contribution is -0.384. The Morgan fingerprint density at radius 1 is 1.65 bits per heavy atom. The number of aromatic nitrogens is 1. The Hall–Kier alpha value is -2.20. The second kappa shape index (κ2) is 5.77. The molecule has 0 fully saturated rings. The van der Waals surface area contributed by atoms with E-state index in [4.69, 9.17) is 5.26 Å². The minimum Gasteiger partial charge on any atom is -0.363 e. The highest BCUT2D eigenvalue weighted by molar-refractivity contribution is 5.58. The summed E-state index contributed by atoms with van der Waals surface area (Å²) in [5.41, 5.74) is -0.00216. The Kier molecular flexibility index (Phi) is 4.37. The summed E-state index contributed by atoms with van der Waals surface area (Å²) in [6.45, 7) is 1.28. The summed E-state index contributed by atoms with van der Waals surface area (Å²) < 4.78 is 0. The molecule has 0 saturated heterocycles. The fraction of sp³-hybridized carbons (Fsp3) is 0.400. The van der Waals surface area contributed by atoms with Crippen molar-refractivity contribution in [3.63, 3.8) is 0 Å². The van der Waals surface area contributed by atoms with E-state index in [1.165, 1.54) is 12.3 Å². The van der Waals surface area contributed by atoms with Gasteiger partial charge in [-0.15, -0.1) is 0 Å². The van der Waals surface area contributed by atoms with Crippen LogP contribution in [0, 0.1) is 21.4 Å². The number of hydrogen-bond donors (Lipinski definition) is 1. The first-order valence-corrected chi connectivity index (χ1v) is 4.97. The topological polar surface area (TPSA) is 95.1 Å². The molecule has 1 N–H and O–H groups in total. The van der Waals surface area contributed by atoms with E-state index in [0.29, 0.717) is 6.54 Å². The van der Waals surface area contributed by atoms with Crippen molar-refractivity contribution < 1.29 is 4.92 Å². The zero-order valence-electron chi connectivity index (χ0n) is 9.67. The molecule has 7 nitrogen and oxygen atoms in total. The Morgan fingerprint density at radius 3 is 2.88 bits per heavy atom. The molecule has 1 aromatic rings. The molecular formula is C10H13N5O2. The van der Waals surface area contributed by atoms with E-state index in [9.17, 15) is 10.1 Å². The summed E-state index contributed by atoms with van der Waals surface area (Å²) in [6.07, 6.45) is 1.31. The van der Waals surface area contributed by atoms with Crippen LogP contribution < -0.4 is 5.32 Å². The van der Waals surface area contributed by atoms with Gasteiger partial charge < -0.3 is 10.2 Å². The Labute approximate surface area is 98.8 Å². The van der Waals surface area contributed by atoms with Gasteiger partial charge in [0.25, 0.3) is 0 Å². The van der Waals surface area contributed by atoms with Crippen molar-refractivity contribution in [2.75, 3.05) is 32.5 Å². The largest absolute Gasteiger partial charge is 0.363 e. The third kappa shape index (κ3) is 3.70. The van der Waals surface area contributed by atoms with Crippen molar-refractivity contribution in [2.45, 2.75) is 0 Å². The maximum absolute atomic E-state index is 10.8. The van der Waals surface area contributed by atoms with E-state index in [-0.39, 0.29) is 17.1 Å². The summed E-state index contributed by atoms with van der Waals surface area (Å²) in [6, 6.07) is 3.03. The number of likely N-dealkylation sites (N-methyl/N-ethyl adjacent to an activating group) is 1. The highest BCUT2D eigenvalue weighted by atomic mass is 16.6. The second-order valence-electron chi connectivity index (χ2n) is 3.69. The first-order valence-electron chi connectivity index (χ1n) is 4.97. The van der Waals surface area contributed by atoms with Crippen LogP contribution in [0.15, 0.2) is 12.3 Å². The van der Waals surface area contributed by atoms with Crippen molar-refractivity contribution in [2.24, 2.45) is 0 Å². The van der Waals surface area contributed by atoms with Crippen molar-refractivity contribution in [1.82, 2.24) is 9.88 Å². The molecule has 0 bridgehead atoms. The number of nitrogens with zero attached hydrogens (tertiary/aromatic N) is 4. The Bertz CT molecular complexity index is 452. The fourth-order valence-electron chi connectivity index (χ4n) is 1.19. The van der Waals surface area contributed by atoms with Gasteiger partial charge in [0.2, 0.25) is 5.82 Å². The highest BCUT2D eigenvalue weighted by Gasteiger charge is 2.15. The van der Waals surface area contributed by atoms with Gasteiger partial charge in [0.15, 0.2) is 0 Å². The molecular weight excluding hydrogens is 222 g/mol. The Balaban J connectivity index is 2.84. The van der Waals surface area contributed by atoms with Crippen LogP contribution in [-0.4, -0.2) is 42.0 Å². The van der Waals surface area contributed by atoms with Gasteiger partial charge in [-0.05, 0) is 14.1 Å². The molecule has 0 amide bonds. The van der Waals surface area contributed by atoms with Crippen molar-refractivity contribution in [3.8, 4) is 6.07 Å². The number of nitro groups is 1. The summed E-state index contributed by atoms with van der Waals surface area (Å²) >= 11 is 0. The smallest absolute Gasteiger partial charge is 0.312 e. The molecule has 0 aromatic carbocycles. The van der Waals surface area contributed by atoms with Gasteiger partial charge in [0.1, 0.15) is 6.07 Å². The van der Waals surface area contributed by atoms with E-state index in [1.807, 2.05) is 25.1 Å². The van der Waals surface area contributed by atoms with E-state index in [0.717, 1.165) is 6.54 Å². The van der Waals surface area contributed by atoms with Crippen LogP contribution >= 0.6 is 0 Å². The molecule has 0 atom stereocenters. The normalized spacial score (nSPS) is 10.0. The summed E-state index contributed by atoms with van der Waals surface area (Å²) in [5, 5.41) is 22.3. The predicted octanol–water partition coefficient (Wildman–Crippen LogP) is 0.835. The van der Waals surface area contributed by atoms with Crippen molar-refractivity contribution in [3.05, 3.63) is 27.9 Å². The molecule has 17 heavy (non-hydrogen) atoms. The molecule has 7 heteroatoms. The maximum Gasteiger partial charge on any atom is 0.312 e. The van der Waals surface area contributed by atoms with Crippen LogP contribution in [0.2, 0.25) is 0 Å². The molecule has 0 aliphatic rings. The van der Waals surface area contributed by atoms with Gasteiger partial charge in [-0.25, -0.2) is 4.98 Å². The summed E-state index contributed by atoms with van der Waals surface area (Å²) in [7, 11) is 3.81. The number of nitriles is 1. The van der Waals surface area contributed by atoms with Gasteiger partial charge in [-0.1, -0.05) is 0 Å². The van der Waals surface area contributed by atoms with Crippen LogP contribution in [0.4, 0.5) is 11.5 Å². The molecule has 1 rings (SSSR count). The van der Waals surface area contributed by atoms with Crippen LogP contribution in [0.5, 0.6) is 0 Å². The number of rotatable bonds is 5. The van der Waals surface area contributed by atoms with Gasteiger partial charge in [0, 0.05) is 25.4 Å². The Morgan fingerprint density at radius 2 is 2.35 bits per heavy atom. The first-order chi connectivity index (χ1) is 8.04. The average molecular weight is 235 g/mol. The quantitative estimate of drug-likeness (QED) is 0.600. The van der Waals surface area contributed by atoms with Crippen molar-refractivity contribution in [1.29, 1.82) is 5.26 Å². The molecule has 0 radical (unpaired) electrons. The summed E-state index contributed by atoms with van der Waals surface area (Å²) in [4.78, 5) is 16.1. The standard InChI is InChI=1S/C10H13N5O2/c1-14(2)4-3-12-10-9(15(16)17)5-8(6-11)7-13-10/h5,7H,3-4H2,1-2H3,(H,12,13). The highest BCUT2D eigenvalue weighted by Crippen LogP contribution is 2.21. The maximum atomic E-state index is 10.8. The van der Waals surface area contributed by atoms with Crippen LogP contribution in [0.1, 0.15) is 5.56 Å². The average Bonchev–Trinajstić information content (AvgIpc) is 2.28. The molecule has 0 saturated carbocycles. The molecule has 90 valence electrons. The third-order valence-corrected chi connectivity index (χ3v) is 2.04. The minimum absolute atomic E-state index is 0.176. The van der Waals surface area contributed by atoms with Gasteiger partial charge in [0.05, 0.1) is 10.5 Å². The second-order valence-corrected chi connectivity index (χ2v) is 3.69. The van der Waals surface area contributed by atoms with E-state index in [1.54, 1.807) is 0 Å². The summed E-state index contributed by atoms with van der Waals surface area (Å²) in [5.74, 6) is 0.191. The lowest BCUT2D eigenvalue weighted by Crippen LogP contribution is -2.21. The SMILES string of the molecule is CN(C)CCNc1ncc(C#N)cc1[N+](=O)[O-]. The van der Waals surface area contributed by atoms with Crippen LogP contribution in [-0.2, 0) is 0 Å². The third-order valence-electron chi connectivity index (χ3n) is 2.04.